The van der Waals surface area contributed by atoms with E-state index < -0.39 is 11.9 Å². The quantitative estimate of drug-likeness (QED) is 0.789. The SMILES string of the molecule is OCc1ccc2nc(C(F)(F)F)cn2c1. The molecule has 3 nitrogen and oxygen atoms in total. The topological polar surface area (TPSA) is 37.5 Å². The fourth-order valence-electron chi connectivity index (χ4n) is 1.27. The summed E-state index contributed by atoms with van der Waals surface area (Å²) in [4.78, 5) is 3.42. The summed E-state index contributed by atoms with van der Waals surface area (Å²) in [7, 11) is 0. The number of pyridine rings is 1. The van der Waals surface area contributed by atoms with Crippen molar-refractivity contribution >= 4 is 5.65 Å². The molecule has 80 valence electrons. The number of fused-ring (bicyclic) bond motifs is 1. The Kier molecular flexibility index (Phi) is 2.15. The average Bonchev–Trinajstić information content (AvgIpc) is 2.59. The molecule has 15 heavy (non-hydrogen) atoms. The Bertz CT molecular complexity index is 490. The molecule has 2 aromatic rings. The number of aromatic nitrogens is 2. The number of hydrogen-bond acceptors (Lipinski definition) is 2. The van der Waals surface area contributed by atoms with E-state index in [1.54, 1.807) is 0 Å². The monoisotopic (exact) mass is 216 g/mol. The summed E-state index contributed by atoms with van der Waals surface area (Å²) in [5, 5.41) is 8.81. The summed E-state index contributed by atoms with van der Waals surface area (Å²) in [6, 6.07) is 2.96. The van der Waals surface area contributed by atoms with Gasteiger partial charge in [0.25, 0.3) is 0 Å². The molecule has 1 N–H and O–H groups in total. The first-order valence-electron chi connectivity index (χ1n) is 4.16. The number of imidazole rings is 1. The van der Waals surface area contributed by atoms with E-state index in [0.717, 1.165) is 6.20 Å². The maximum atomic E-state index is 12.3. The van der Waals surface area contributed by atoms with E-state index in [4.69, 9.17) is 5.11 Å². The van der Waals surface area contributed by atoms with Crippen LogP contribution in [0.4, 0.5) is 13.2 Å². The second-order valence-corrected chi connectivity index (χ2v) is 3.08. The third-order valence-electron chi connectivity index (χ3n) is 1.99. The first-order chi connectivity index (χ1) is 7.00. The molecular formula is C9H7F3N2O. The summed E-state index contributed by atoms with van der Waals surface area (Å²) < 4.78 is 38.1. The molecule has 0 saturated carbocycles. The number of hydrogen-bond donors (Lipinski definition) is 1. The molecule has 0 aliphatic heterocycles. The molecule has 0 unspecified atom stereocenters. The van der Waals surface area contributed by atoms with Crippen molar-refractivity contribution in [2.45, 2.75) is 12.8 Å². The van der Waals surface area contributed by atoms with Crippen molar-refractivity contribution in [1.82, 2.24) is 9.38 Å². The summed E-state index contributed by atoms with van der Waals surface area (Å²) in [6.45, 7) is -0.213. The van der Waals surface area contributed by atoms with Gasteiger partial charge in [-0.1, -0.05) is 6.07 Å². The van der Waals surface area contributed by atoms with Gasteiger partial charge in [-0.05, 0) is 11.6 Å². The summed E-state index contributed by atoms with van der Waals surface area (Å²) in [5.74, 6) is 0. The van der Waals surface area contributed by atoms with Crippen LogP contribution < -0.4 is 0 Å². The van der Waals surface area contributed by atoms with Crippen LogP contribution in [0.25, 0.3) is 5.65 Å². The van der Waals surface area contributed by atoms with E-state index in [0.29, 0.717) is 5.56 Å². The van der Waals surface area contributed by atoms with Crippen LogP contribution in [0, 0.1) is 0 Å². The zero-order valence-corrected chi connectivity index (χ0v) is 7.49. The number of alkyl halides is 3. The minimum atomic E-state index is -4.44. The van der Waals surface area contributed by atoms with Gasteiger partial charge in [-0.15, -0.1) is 0 Å². The standard InChI is InChI=1S/C9H7F3N2O/c10-9(11,12)7-4-14-3-6(5-15)1-2-8(14)13-7/h1-4,15H,5H2. The molecule has 0 radical (unpaired) electrons. The maximum absolute atomic E-state index is 12.3. The molecule has 0 aromatic carbocycles. The van der Waals surface area contributed by atoms with Crippen molar-refractivity contribution in [1.29, 1.82) is 0 Å². The van der Waals surface area contributed by atoms with Crippen molar-refractivity contribution in [3.8, 4) is 0 Å². The summed E-state index contributed by atoms with van der Waals surface area (Å²) in [5.41, 5.74) is -0.189. The molecule has 0 spiro atoms. The Labute approximate surface area is 82.8 Å². The first kappa shape index (κ1) is 9.97. The number of nitrogens with zero attached hydrogens (tertiary/aromatic N) is 2. The van der Waals surface area contributed by atoms with Gasteiger partial charge >= 0.3 is 6.18 Å². The van der Waals surface area contributed by atoms with Gasteiger partial charge < -0.3 is 9.51 Å². The average molecular weight is 216 g/mol. The van der Waals surface area contributed by atoms with Crippen molar-refractivity contribution < 1.29 is 18.3 Å². The Morgan fingerprint density at radius 3 is 2.60 bits per heavy atom. The zero-order valence-electron chi connectivity index (χ0n) is 7.49. The smallest absolute Gasteiger partial charge is 0.392 e. The molecule has 0 bridgehead atoms. The third kappa shape index (κ3) is 1.80. The molecule has 2 rings (SSSR count). The van der Waals surface area contributed by atoms with Crippen LogP contribution >= 0.6 is 0 Å². The number of aliphatic hydroxyl groups excluding tert-OH is 1. The molecular weight excluding hydrogens is 209 g/mol. The zero-order chi connectivity index (χ0) is 11.1. The fraction of sp³-hybridized carbons (Fsp3) is 0.222. The molecule has 0 aliphatic carbocycles. The normalized spacial score (nSPS) is 12.3. The van der Waals surface area contributed by atoms with Crippen molar-refractivity contribution in [3.05, 3.63) is 35.8 Å². The highest BCUT2D eigenvalue weighted by atomic mass is 19.4. The van der Waals surface area contributed by atoms with E-state index in [2.05, 4.69) is 4.98 Å². The Morgan fingerprint density at radius 2 is 2.00 bits per heavy atom. The fourth-order valence-corrected chi connectivity index (χ4v) is 1.27. The van der Waals surface area contributed by atoms with Gasteiger partial charge in [-0.25, -0.2) is 4.98 Å². The van der Waals surface area contributed by atoms with Crippen molar-refractivity contribution in [2.75, 3.05) is 0 Å². The summed E-state index contributed by atoms with van der Waals surface area (Å²) >= 11 is 0. The largest absolute Gasteiger partial charge is 0.434 e. The number of rotatable bonds is 1. The van der Waals surface area contributed by atoms with Gasteiger partial charge in [-0.3, -0.25) is 0 Å². The molecule has 0 amide bonds. The van der Waals surface area contributed by atoms with Crippen LogP contribution in [0.1, 0.15) is 11.3 Å². The second-order valence-electron chi connectivity index (χ2n) is 3.08. The lowest BCUT2D eigenvalue weighted by molar-refractivity contribution is -0.140. The minimum Gasteiger partial charge on any atom is -0.392 e. The molecule has 2 heterocycles. The van der Waals surface area contributed by atoms with Gasteiger partial charge in [-0.2, -0.15) is 13.2 Å². The van der Waals surface area contributed by atoms with E-state index in [9.17, 15) is 13.2 Å². The maximum Gasteiger partial charge on any atom is 0.434 e. The third-order valence-corrected chi connectivity index (χ3v) is 1.99. The van der Waals surface area contributed by atoms with Gasteiger partial charge in [0, 0.05) is 12.4 Å². The van der Waals surface area contributed by atoms with Crippen LogP contribution in [-0.4, -0.2) is 14.5 Å². The van der Waals surface area contributed by atoms with E-state index in [-0.39, 0.29) is 12.3 Å². The van der Waals surface area contributed by atoms with Crippen molar-refractivity contribution in [3.63, 3.8) is 0 Å². The van der Waals surface area contributed by atoms with Gasteiger partial charge in [0.15, 0.2) is 5.69 Å². The van der Waals surface area contributed by atoms with Crippen molar-refractivity contribution in [2.24, 2.45) is 0 Å². The molecule has 6 heteroatoms. The molecule has 2 aromatic heterocycles. The van der Waals surface area contributed by atoms with Gasteiger partial charge in [0.05, 0.1) is 6.61 Å². The molecule has 0 aliphatic rings. The second kappa shape index (κ2) is 3.23. The minimum absolute atomic E-state index is 0.208. The highest BCUT2D eigenvalue weighted by Crippen LogP contribution is 2.28. The van der Waals surface area contributed by atoms with Crippen LogP contribution in [0.15, 0.2) is 24.5 Å². The first-order valence-corrected chi connectivity index (χ1v) is 4.16. The Hall–Kier alpha value is -1.56. The lowest BCUT2D eigenvalue weighted by Gasteiger charge is -1.98. The Morgan fingerprint density at radius 1 is 1.27 bits per heavy atom. The summed E-state index contributed by atoms with van der Waals surface area (Å²) in [6.07, 6.45) is -2.13. The van der Waals surface area contributed by atoms with Crippen LogP contribution in [-0.2, 0) is 12.8 Å². The van der Waals surface area contributed by atoms with E-state index in [1.165, 1.54) is 22.7 Å². The van der Waals surface area contributed by atoms with Gasteiger partial charge in [0.2, 0.25) is 0 Å². The lowest BCUT2D eigenvalue weighted by atomic mass is 10.3. The predicted molar refractivity (Wildman–Crippen MR) is 46.1 cm³/mol. The molecule has 0 atom stereocenters. The Balaban J connectivity index is 2.56. The van der Waals surface area contributed by atoms with Crippen LogP contribution in [0.5, 0.6) is 0 Å². The van der Waals surface area contributed by atoms with Crippen LogP contribution in [0.2, 0.25) is 0 Å². The predicted octanol–water partition coefficient (Wildman–Crippen LogP) is 1.85. The number of aliphatic hydroxyl groups is 1. The molecule has 0 fully saturated rings. The van der Waals surface area contributed by atoms with Crippen LogP contribution in [0.3, 0.4) is 0 Å². The van der Waals surface area contributed by atoms with Gasteiger partial charge in [0.1, 0.15) is 5.65 Å². The lowest BCUT2D eigenvalue weighted by Crippen LogP contribution is -2.04. The molecule has 0 saturated heterocycles. The highest BCUT2D eigenvalue weighted by Gasteiger charge is 2.33. The van der Waals surface area contributed by atoms with E-state index in [1.807, 2.05) is 0 Å². The number of halogens is 3. The highest BCUT2D eigenvalue weighted by molar-refractivity contribution is 5.41. The van der Waals surface area contributed by atoms with E-state index >= 15 is 0 Å².